The van der Waals surface area contributed by atoms with Gasteiger partial charge in [-0.05, 0) is 26.2 Å². The average Bonchev–Trinajstić information content (AvgIpc) is 2.30. The third-order valence-electron chi connectivity index (χ3n) is 3.40. The van der Waals surface area contributed by atoms with Gasteiger partial charge in [0.05, 0.1) is 12.5 Å². The molecule has 0 aromatic carbocycles. The van der Waals surface area contributed by atoms with Gasteiger partial charge in [-0.25, -0.2) is 0 Å². The van der Waals surface area contributed by atoms with Gasteiger partial charge < -0.3 is 15.0 Å². The van der Waals surface area contributed by atoms with Gasteiger partial charge in [-0.1, -0.05) is 0 Å². The molecule has 2 fully saturated rings. The molecule has 1 N–H and O–H groups in total. The fourth-order valence-electron chi connectivity index (χ4n) is 2.45. The van der Waals surface area contributed by atoms with Crippen molar-refractivity contribution >= 4 is 5.91 Å². The van der Waals surface area contributed by atoms with Crippen LogP contribution in [0, 0.1) is 0 Å². The van der Waals surface area contributed by atoms with Gasteiger partial charge >= 0.3 is 0 Å². The lowest BCUT2D eigenvalue weighted by Gasteiger charge is -2.33. The van der Waals surface area contributed by atoms with Crippen LogP contribution in [0.15, 0.2) is 0 Å². The van der Waals surface area contributed by atoms with Crippen molar-refractivity contribution in [2.24, 2.45) is 0 Å². The van der Waals surface area contributed by atoms with Crippen LogP contribution in [0.3, 0.4) is 0 Å². The summed E-state index contributed by atoms with van der Waals surface area (Å²) in [6, 6.07) is 0.421. The van der Waals surface area contributed by atoms with Crippen LogP contribution >= 0.6 is 0 Å². The number of ether oxygens (including phenoxy) is 1. The van der Waals surface area contributed by atoms with Crippen molar-refractivity contribution in [2.75, 3.05) is 26.2 Å². The summed E-state index contributed by atoms with van der Waals surface area (Å²) in [5.74, 6) is 0.264. The number of nitrogens with one attached hydrogen (secondary N) is 1. The van der Waals surface area contributed by atoms with Gasteiger partial charge in [0.1, 0.15) is 0 Å². The standard InChI is InChI=1S/C12H22N2O2/c1-10-9-14(6-5-13-10)12(15)8-11-4-2-3-7-16-11/h10-11,13H,2-9H2,1H3. The highest BCUT2D eigenvalue weighted by molar-refractivity contribution is 5.76. The van der Waals surface area contributed by atoms with E-state index in [-0.39, 0.29) is 12.0 Å². The second-order valence-electron chi connectivity index (χ2n) is 4.89. The van der Waals surface area contributed by atoms with E-state index in [4.69, 9.17) is 4.74 Å². The van der Waals surface area contributed by atoms with Crippen LogP contribution in [0.5, 0.6) is 0 Å². The predicted molar refractivity (Wildman–Crippen MR) is 62.3 cm³/mol. The molecule has 0 aromatic heterocycles. The molecule has 0 saturated carbocycles. The molecule has 0 aromatic rings. The van der Waals surface area contributed by atoms with Gasteiger partial charge in [0, 0.05) is 32.3 Å². The Bertz CT molecular complexity index is 239. The molecular weight excluding hydrogens is 204 g/mol. The first-order valence-corrected chi connectivity index (χ1v) is 6.38. The molecule has 4 heteroatoms. The van der Waals surface area contributed by atoms with Gasteiger partial charge in [0.25, 0.3) is 0 Å². The third kappa shape index (κ3) is 3.19. The van der Waals surface area contributed by atoms with Gasteiger partial charge in [-0.15, -0.1) is 0 Å². The summed E-state index contributed by atoms with van der Waals surface area (Å²) in [5.41, 5.74) is 0. The maximum atomic E-state index is 12.0. The van der Waals surface area contributed by atoms with Crippen LogP contribution < -0.4 is 5.32 Å². The number of carbonyl (C=O) groups is 1. The predicted octanol–water partition coefficient (Wildman–Crippen LogP) is 0.766. The van der Waals surface area contributed by atoms with Crippen molar-refractivity contribution in [3.63, 3.8) is 0 Å². The molecule has 0 spiro atoms. The Hall–Kier alpha value is -0.610. The van der Waals surface area contributed by atoms with Crippen molar-refractivity contribution in [3.8, 4) is 0 Å². The number of nitrogens with zero attached hydrogens (tertiary/aromatic N) is 1. The van der Waals surface area contributed by atoms with E-state index in [1.54, 1.807) is 0 Å². The lowest BCUT2D eigenvalue weighted by atomic mass is 10.1. The fourth-order valence-corrected chi connectivity index (χ4v) is 2.45. The molecule has 92 valence electrons. The molecule has 2 saturated heterocycles. The monoisotopic (exact) mass is 226 g/mol. The zero-order chi connectivity index (χ0) is 11.4. The number of amides is 1. The minimum Gasteiger partial charge on any atom is -0.378 e. The number of carbonyl (C=O) groups excluding carboxylic acids is 1. The lowest BCUT2D eigenvalue weighted by molar-refractivity contribution is -0.136. The second-order valence-corrected chi connectivity index (χ2v) is 4.89. The smallest absolute Gasteiger partial charge is 0.225 e. The minimum absolute atomic E-state index is 0.173. The molecule has 2 aliphatic heterocycles. The molecule has 0 aliphatic carbocycles. The highest BCUT2D eigenvalue weighted by Gasteiger charge is 2.24. The SMILES string of the molecule is CC1CN(C(=O)CC2CCCCO2)CCN1. The van der Waals surface area contributed by atoms with Crippen molar-refractivity contribution < 1.29 is 9.53 Å². The Labute approximate surface area is 97.3 Å². The van der Waals surface area contributed by atoms with Crippen LogP contribution in [0.4, 0.5) is 0 Å². The van der Waals surface area contributed by atoms with Crippen molar-refractivity contribution in [1.29, 1.82) is 0 Å². The van der Waals surface area contributed by atoms with Crippen LogP contribution in [0.25, 0.3) is 0 Å². The van der Waals surface area contributed by atoms with Gasteiger partial charge in [0.15, 0.2) is 0 Å². The Kier molecular flexibility index (Phi) is 4.18. The molecule has 2 unspecified atom stereocenters. The van der Waals surface area contributed by atoms with E-state index in [0.29, 0.717) is 12.5 Å². The lowest BCUT2D eigenvalue weighted by Crippen LogP contribution is -2.51. The average molecular weight is 226 g/mol. The summed E-state index contributed by atoms with van der Waals surface area (Å²) in [6.45, 7) is 5.55. The van der Waals surface area contributed by atoms with Crippen LogP contribution in [-0.4, -0.2) is 49.2 Å². The first-order chi connectivity index (χ1) is 7.75. The molecule has 2 aliphatic rings. The van der Waals surface area contributed by atoms with Crippen molar-refractivity contribution in [2.45, 2.75) is 44.8 Å². The van der Waals surface area contributed by atoms with Crippen LogP contribution in [-0.2, 0) is 9.53 Å². The van der Waals surface area contributed by atoms with E-state index in [9.17, 15) is 4.79 Å². The van der Waals surface area contributed by atoms with E-state index in [1.165, 1.54) is 6.42 Å². The largest absolute Gasteiger partial charge is 0.378 e. The summed E-state index contributed by atoms with van der Waals surface area (Å²) < 4.78 is 5.60. The zero-order valence-electron chi connectivity index (χ0n) is 10.1. The summed E-state index contributed by atoms with van der Waals surface area (Å²) in [7, 11) is 0. The number of piperazine rings is 1. The molecule has 16 heavy (non-hydrogen) atoms. The summed E-state index contributed by atoms with van der Waals surface area (Å²) in [5, 5.41) is 3.35. The van der Waals surface area contributed by atoms with Crippen LogP contribution in [0.1, 0.15) is 32.6 Å². The van der Waals surface area contributed by atoms with E-state index in [0.717, 1.165) is 39.1 Å². The fraction of sp³-hybridized carbons (Fsp3) is 0.917. The summed E-state index contributed by atoms with van der Waals surface area (Å²) in [6.07, 6.45) is 4.15. The second kappa shape index (κ2) is 5.64. The Morgan fingerprint density at radius 2 is 2.38 bits per heavy atom. The van der Waals surface area contributed by atoms with Crippen LogP contribution in [0.2, 0.25) is 0 Å². The number of rotatable bonds is 2. The van der Waals surface area contributed by atoms with E-state index in [1.807, 2.05) is 4.90 Å². The number of hydrogen-bond donors (Lipinski definition) is 1. The van der Waals surface area contributed by atoms with Gasteiger partial charge in [0.2, 0.25) is 5.91 Å². The quantitative estimate of drug-likeness (QED) is 0.756. The Morgan fingerprint density at radius 1 is 1.50 bits per heavy atom. The molecule has 0 radical (unpaired) electrons. The molecule has 0 bridgehead atoms. The maximum Gasteiger partial charge on any atom is 0.225 e. The van der Waals surface area contributed by atoms with Gasteiger partial charge in [-0.2, -0.15) is 0 Å². The Balaban J connectivity index is 1.77. The molecule has 2 heterocycles. The van der Waals surface area contributed by atoms with Crippen molar-refractivity contribution in [3.05, 3.63) is 0 Å². The molecule has 4 nitrogen and oxygen atoms in total. The molecule has 1 amide bonds. The normalized spacial score (nSPS) is 31.4. The molecular formula is C12H22N2O2. The first-order valence-electron chi connectivity index (χ1n) is 6.38. The van der Waals surface area contributed by atoms with E-state index >= 15 is 0 Å². The Morgan fingerprint density at radius 3 is 3.06 bits per heavy atom. The maximum absolute atomic E-state index is 12.0. The highest BCUT2D eigenvalue weighted by atomic mass is 16.5. The minimum atomic E-state index is 0.173. The summed E-state index contributed by atoms with van der Waals surface area (Å²) >= 11 is 0. The molecule has 2 atom stereocenters. The topological polar surface area (TPSA) is 41.6 Å². The zero-order valence-corrected chi connectivity index (χ0v) is 10.1. The number of hydrogen-bond acceptors (Lipinski definition) is 3. The first kappa shape index (κ1) is 11.9. The molecule has 2 rings (SSSR count). The van der Waals surface area contributed by atoms with E-state index in [2.05, 4.69) is 12.2 Å². The summed E-state index contributed by atoms with van der Waals surface area (Å²) in [4.78, 5) is 14.0. The third-order valence-corrected chi connectivity index (χ3v) is 3.40. The van der Waals surface area contributed by atoms with Gasteiger partial charge in [-0.3, -0.25) is 4.79 Å². The van der Waals surface area contributed by atoms with Crippen molar-refractivity contribution in [1.82, 2.24) is 10.2 Å². The van der Waals surface area contributed by atoms with E-state index < -0.39 is 0 Å². The highest BCUT2D eigenvalue weighted by Crippen LogP contribution is 2.17.